The standard InChI is InChI=1S/C16H17NO4/c17-10-12(8-11-6-7-14(18)15(19)9-11)16(20)21-13-4-2-1-3-5-13/h6-9,13,18-19H,1-5H2/b12-8+. The van der Waals surface area contributed by atoms with Crippen molar-refractivity contribution in [2.45, 2.75) is 38.2 Å². The van der Waals surface area contributed by atoms with E-state index in [1.165, 1.54) is 24.3 Å². The lowest BCUT2D eigenvalue weighted by molar-refractivity contribution is -0.145. The van der Waals surface area contributed by atoms with E-state index in [2.05, 4.69) is 0 Å². The van der Waals surface area contributed by atoms with Gasteiger partial charge in [0.15, 0.2) is 11.5 Å². The zero-order valence-electron chi connectivity index (χ0n) is 11.6. The van der Waals surface area contributed by atoms with E-state index in [1.807, 2.05) is 6.07 Å². The van der Waals surface area contributed by atoms with Crippen LogP contribution in [0.4, 0.5) is 0 Å². The van der Waals surface area contributed by atoms with Gasteiger partial charge in [-0.3, -0.25) is 0 Å². The highest BCUT2D eigenvalue weighted by atomic mass is 16.5. The molecule has 0 saturated heterocycles. The zero-order chi connectivity index (χ0) is 15.2. The molecule has 1 fully saturated rings. The van der Waals surface area contributed by atoms with Gasteiger partial charge in [0, 0.05) is 0 Å². The lowest BCUT2D eigenvalue weighted by Gasteiger charge is -2.21. The first kappa shape index (κ1) is 14.9. The van der Waals surface area contributed by atoms with E-state index in [0.29, 0.717) is 5.56 Å². The maximum Gasteiger partial charge on any atom is 0.349 e. The molecule has 21 heavy (non-hydrogen) atoms. The summed E-state index contributed by atoms with van der Waals surface area (Å²) in [6.45, 7) is 0. The van der Waals surface area contributed by atoms with Crippen LogP contribution in [-0.2, 0) is 9.53 Å². The number of phenols is 2. The Kier molecular flexibility index (Phi) is 4.83. The summed E-state index contributed by atoms with van der Waals surface area (Å²) in [5.41, 5.74) is 0.327. The first-order chi connectivity index (χ1) is 10.1. The number of carbonyl (C=O) groups is 1. The number of rotatable bonds is 3. The van der Waals surface area contributed by atoms with Gasteiger partial charge in [0.05, 0.1) is 0 Å². The average molecular weight is 287 g/mol. The Morgan fingerprint density at radius 3 is 2.57 bits per heavy atom. The molecule has 1 saturated carbocycles. The largest absolute Gasteiger partial charge is 0.504 e. The van der Waals surface area contributed by atoms with Crippen LogP contribution in [0, 0.1) is 11.3 Å². The molecular formula is C16H17NO4. The van der Waals surface area contributed by atoms with Crippen LogP contribution in [0.1, 0.15) is 37.7 Å². The number of phenolic OH excluding ortho intramolecular Hbond substituents is 2. The average Bonchev–Trinajstić information content (AvgIpc) is 2.49. The molecule has 0 spiro atoms. The van der Waals surface area contributed by atoms with Crippen LogP contribution in [0.15, 0.2) is 23.8 Å². The molecule has 0 radical (unpaired) electrons. The molecule has 5 heteroatoms. The van der Waals surface area contributed by atoms with Gasteiger partial charge in [0.1, 0.15) is 17.7 Å². The molecule has 2 rings (SSSR count). The fourth-order valence-electron chi connectivity index (χ4n) is 2.33. The molecule has 1 aromatic rings. The molecule has 2 N–H and O–H groups in total. The van der Waals surface area contributed by atoms with Gasteiger partial charge in [-0.05, 0) is 49.5 Å². The molecule has 0 heterocycles. The van der Waals surface area contributed by atoms with Gasteiger partial charge in [-0.25, -0.2) is 4.79 Å². The monoisotopic (exact) mass is 287 g/mol. The van der Waals surface area contributed by atoms with Gasteiger partial charge in [0.2, 0.25) is 0 Å². The Balaban J connectivity index is 2.10. The molecule has 0 bridgehead atoms. The van der Waals surface area contributed by atoms with Crippen LogP contribution >= 0.6 is 0 Å². The minimum absolute atomic E-state index is 0.115. The second kappa shape index (κ2) is 6.80. The third-order valence-corrected chi connectivity index (χ3v) is 3.48. The van der Waals surface area contributed by atoms with E-state index in [1.54, 1.807) is 0 Å². The van der Waals surface area contributed by atoms with Crippen molar-refractivity contribution in [1.29, 1.82) is 5.26 Å². The highest BCUT2D eigenvalue weighted by Crippen LogP contribution is 2.26. The van der Waals surface area contributed by atoms with E-state index in [0.717, 1.165) is 32.1 Å². The van der Waals surface area contributed by atoms with Crippen molar-refractivity contribution >= 4 is 12.0 Å². The van der Waals surface area contributed by atoms with Crippen LogP contribution < -0.4 is 0 Å². The van der Waals surface area contributed by atoms with E-state index in [9.17, 15) is 15.0 Å². The second-order valence-electron chi connectivity index (χ2n) is 5.08. The molecule has 1 aromatic carbocycles. The number of hydrogen-bond donors (Lipinski definition) is 2. The van der Waals surface area contributed by atoms with Crippen molar-refractivity contribution in [3.05, 3.63) is 29.3 Å². The summed E-state index contributed by atoms with van der Waals surface area (Å²) in [5.74, 6) is -1.20. The molecule has 0 aliphatic heterocycles. The summed E-state index contributed by atoms with van der Waals surface area (Å²) in [6.07, 6.45) is 6.13. The number of aromatic hydroxyl groups is 2. The lowest BCUT2D eigenvalue weighted by atomic mass is 9.98. The molecular weight excluding hydrogens is 270 g/mol. The zero-order valence-corrected chi connectivity index (χ0v) is 11.6. The van der Waals surface area contributed by atoms with Crippen LogP contribution in [0.3, 0.4) is 0 Å². The molecule has 1 aliphatic carbocycles. The Morgan fingerprint density at radius 2 is 1.95 bits per heavy atom. The normalized spacial score (nSPS) is 16.2. The fraction of sp³-hybridized carbons (Fsp3) is 0.375. The Morgan fingerprint density at radius 1 is 1.24 bits per heavy atom. The molecule has 110 valence electrons. The van der Waals surface area contributed by atoms with Crippen molar-refractivity contribution in [1.82, 2.24) is 0 Å². The van der Waals surface area contributed by atoms with Gasteiger partial charge in [0.25, 0.3) is 0 Å². The minimum Gasteiger partial charge on any atom is -0.504 e. The Hall–Kier alpha value is -2.48. The van der Waals surface area contributed by atoms with Crippen LogP contribution in [0.5, 0.6) is 11.5 Å². The van der Waals surface area contributed by atoms with E-state index in [4.69, 9.17) is 10.00 Å². The summed E-state index contributed by atoms with van der Waals surface area (Å²) in [6, 6.07) is 5.89. The fourth-order valence-corrected chi connectivity index (χ4v) is 2.33. The number of ether oxygens (including phenoxy) is 1. The van der Waals surface area contributed by atoms with E-state index >= 15 is 0 Å². The number of nitriles is 1. The molecule has 1 aliphatic rings. The summed E-state index contributed by atoms with van der Waals surface area (Å²) in [4.78, 5) is 12.0. The van der Waals surface area contributed by atoms with Crippen molar-refractivity contribution < 1.29 is 19.7 Å². The smallest absolute Gasteiger partial charge is 0.349 e. The number of nitrogens with zero attached hydrogens (tertiary/aromatic N) is 1. The predicted octanol–water partition coefficient (Wildman–Crippen LogP) is 2.88. The maximum absolute atomic E-state index is 12.0. The second-order valence-corrected chi connectivity index (χ2v) is 5.08. The van der Waals surface area contributed by atoms with Crippen molar-refractivity contribution in [2.24, 2.45) is 0 Å². The first-order valence-corrected chi connectivity index (χ1v) is 6.95. The van der Waals surface area contributed by atoms with Gasteiger partial charge in [-0.2, -0.15) is 5.26 Å². The van der Waals surface area contributed by atoms with E-state index < -0.39 is 5.97 Å². The minimum atomic E-state index is -0.642. The molecule has 5 nitrogen and oxygen atoms in total. The van der Waals surface area contributed by atoms with Gasteiger partial charge in [-0.15, -0.1) is 0 Å². The summed E-state index contributed by atoms with van der Waals surface area (Å²) >= 11 is 0. The summed E-state index contributed by atoms with van der Waals surface area (Å²) in [5, 5.41) is 27.7. The number of carbonyl (C=O) groups excluding carboxylic acids is 1. The van der Waals surface area contributed by atoms with Crippen molar-refractivity contribution in [2.75, 3.05) is 0 Å². The maximum atomic E-state index is 12.0. The third-order valence-electron chi connectivity index (χ3n) is 3.48. The van der Waals surface area contributed by atoms with Crippen molar-refractivity contribution in [3.8, 4) is 17.6 Å². The summed E-state index contributed by atoms with van der Waals surface area (Å²) in [7, 11) is 0. The van der Waals surface area contributed by atoms with Crippen LogP contribution in [0.25, 0.3) is 6.08 Å². The van der Waals surface area contributed by atoms with Crippen molar-refractivity contribution in [3.63, 3.8) is 0 Å². The number of esters is 1. The molecule has 0 amide bonds. The van der Waals surface area contributed by atoms with Gasteiger partial charge in [-0.1, -0.05) is 12.5 Å². The SMILES string of the molecule is N#C/C(=C\c1ccc(O)c(O)c1)C(=O)OC1CCCCC1. The molecule has 0 unspecified atom stereocenters. The Labute approximate surface area is 123 Å². The van der Waals surface area contributed by atoms with Gasteiger partial charge < -0.3 is 14.9 Å². The highest BCUT2D eigenvalue weighted by Gasteiger charge is 2.20. The molecule has 0 aromatic heterocycles. The third kappa shape index (κ3) is 3.99. The Bertz CT molecular complexity index is 595. The topological polar surface area (TPSA) is 90.5 Å². The quantitative estimate of drug-likeness (QED) is 0.386. The van der Waals surface area contributed by atoms with E-state index in [-0.39, 0.29) is 23.2 Å². The highest BCUT2D eigenvalue weighted by molar-refractivity contribution is 5.98. The summed E-state index contributed by atoms with van der Waals surface area (Å²) < 4.78 is 5.33. The van der Waals surface area contributed by atoms with Crippen LogP contribution in [0.2, 0.25) is 0 Å². The van der Waals surface area contributed by atoms with Gasteiger partial charge >= 0.3 is 5.97 Å². The van der Waals surface area contributed by atoms with Crippen LogP contribution in [-0.4, -0.2) is 22.3 Å². The number of benzene rings is 1. The lowest BCUT2D eigenvalue weighted by Crippen LogP contribution is -2.21. The number of hydrogen-bond acceptors (Lipinski definition) is 5. The first-order valence-electron chi connectivity index (χ1n) is 6.95. The molecule has 0 atom stereocenters. The predicted molar refractivity (Wildman–Crippen MR) is 76.3 cm³/mol.